The second-order valence-electron chi connectivity index (χ2n) is 20.6. The van der Waals surface area contributed by atoms with E-state index in [0.717, 1.165) is 113 Å². The molecule has 4 atom stereocenters. The van der Waals surface area contributed by atoms with Crippen molar-refractivity contribution < 1.29 is 28.7 Å². The molecule has 4 aliphatic carbocycles. The number of carbonyl (C=O) groups excluding carboxylic acids is 4. The van der Waals surface area contributed by atoms with Gasteiger partial charge in [0.15, 0.2) is 0 Å². The Hall–Kier alpha value is -5.46. The van der Waals surface area contributed by atoms with Crippen LogP contribution in [0.1, 0.15) is 151 Å². The number of aromatic nitrogens is 2. The molecule has 2 saturated heterocycles. The molecule has 7 aliphatic rings. The van der Waals surface area contributed by atoms with Crippen molar-refractivity contribution in [3.8, 4) is 22.4 Å². The van der Waals surface area contributed by atoms with Gasteiger partial charge in [-0.15, -0.1) is 0 Å². The molecule has 4 heterocycles. The van der Waals surface area contributed by atoms with E-state index < -0.39 is 24.3 Å². The summed E-state index contributed by atoms with van der Waals surface area (Å²) in [4.78, 5) is 70.9. The molecule has 1 unspecified atom stereocenters. The fourth-order valence-electron chi connectivity index (χ4n) is 13.5. The lowest BCUT2D eigenvalue weighted by atomic mass is 9.76. The van der Waals surface area contributed by atoms with Gasteiger partial charge in [0.05, 0.1) is 50.5 Å². The topological polar surface area (TPSA) is 158 Å². The summed E-state index contributed by atoms with van der Waals surface area (Å²) < 4.78 is 9.93. The molecule has 3 aliphatic heterocycles. The summed E-state index contributed by atoms with van der Waals surface area (Å²) in [6.45, 7) is 1.91. The first-order chi connectivity index (χ1) is 32.7. The maximum atomic E-state index is 14.3. The third kappa shape index (κ3) is 8.92. The van der Waals surface area contributed by atoms with Crippen LogP contribution < -0.4 is 10.6 Å². The van der Waals surface area contributed by atoms with E-state index >= 15 is 0 Å². The van der Waals surface area contributed by atoms with Crippen molar-refractivity contribution >= 4 is 35.3 Å². The summed E-state index contributed by atoms with van der Waals surface area (Å²) >= 11 is 0. The van der Waals surface area contributed by atoms with Crippen LogP contribution in [0, 0.1) is 11.8 Å². The molecule has 356 valence electrons. The standard InChI is InChI=1S/C54H69N7O6/c1-66-52(64)58-47(36-13-5-3-6-14-36)50(62)60-29-11-17-44(60)42-31-38(32-55-42)39-23-24-40(46-41(39)25-28-54(46)26-9-10-27-54)34-19-21-35(22-20-34)43-33-56-49(57-43)45-18-12-30-61(45)51(63)48(59-53(65)67-2)37-15-7-4-8-16-37/h19-24,31,33,36-37,44-45,47-48H,3-18,25-30,32H2,1-2H3,(H,56,57)(H,58,64)(H,59,65)/t44?,45-,47-,48-/m0/s1. The number of carbonyl (C=O) groups is 4. The van der Waals surface area contributed by atoms with Crippen molar-refractivity contribution in [1.29, 1.82) is 0 Å². The van der Waals surface area contributed by atoms with E-state index in [1.165, 1.54) is 86.1 Å². The second-order valence-corrected chi connectivity index (χ2v) is 20.6. The molecule has 13 heteroatoms. The first-order valence-corrected chi connectivity index (χ1v) is 25.6. The molecular weight excluding hydrogens is 843 g/mol. The zero-order valence-electron chi connectivity index (χ0n) is 39.6. The van der Waals surface area contributed by atoms with Crippen LogP contribution in [0.5, 0.6) is 0 Å². The number of aliphatic imine (C=N–C) groups is 1. The van der Waals surface area contributed by atoms with Gasteiger partial charge < -0.3 is 34.9 Å². The van der Waals surface area contributed by atoms with Gasteiger partial charge in [-0.2, -0.15) is 0 Å². The number of nitrogens with one attached hydrogen (secondary N) is 3. The summed E-state index contributed by atoms with van der Waals surface area (Å²) in [5, 5.41) is 5.84. The zero-order chi connectivity index (χ0) is 46.1. The van der Waals surface area contributed by atoms with Crippen molar-refractivity contribution in [2.45, 2.75) is 158 Å². The molecule has 10 rings (SSSR count). The Balaban J connectivity index is 0.877. The Morgan fingerprint density at radius 2 is 1.24 bits per heavy atom. The number of amides is 4. The number of hydrogen-bond acceptors (Lipinski definition) is 8. The van der Waals surface area contributed by atoms with Crippen LogP contribution in [0.25, 0.3) is 28.0 Å². The number of H-pyrrole nitrogens is 1. The highest BCUT2D eigenvalue weighted by Crippen LogP contribution is 2.55. The molecule has 4 amide bonds. The Morgan fingerprint density at radius 3 is 1.85 bits per heavy atom. The predicted octanol–water partition coefficient (Wildman–Crippen LogP) is 9.60. The van der Waals surface area contributed by atoms with E-state index in [4.69, 9.17) is 19.5 Å². The van der Waals surface area contributed by atoms with Crippen molar-refractivity contribution in [3.63, 3.8) is 0 Å². The predicted molar refractivity (Wildman–Crippen MR) is 258 cm³/mol. The highest BCUT2D eigenvalue weighted by Gasteiger charge is 2.45. The third-order valence-electron chi connectivity index (χ3n) is 16.9. The van der Waals surface area contributed by atoms with Gasteiger partial charge in [-0.05, 0) is 139 Å². The minimum atomic E-state index is -0.599. The van der Waals surface area contributed by atoms with Crippen molar-refractivity contribution in [1.82, 2.24) is 30.4 Å². The first-order valence-electron chi connectivity index (χ1n) is 25.6. The lowest BCUT2D eigenvalue weighted by Gasteiger charge is -2.34. The van der Waals surface area contributed by atoms with E-state index in [-0.39, 0.29) is 41.1 Å². The number of benzene rings is 2. The minimum Gasteiger partial charge on any atom is -0.453 e. The number of likely N-dealkylation sites (tertiary alicyclic amines) is 2. The number of hydrogen-bond donors (Lipinski definition) is 3. The lowest BCUT2D eigenvalue weighted by molar-refractivity contribution is -0.136. The van der Waals surface area contributed by atoms with E-state index in [2.05, 4.69) is 58.1 Å². The lowest BCUT2D eigenvalue weighted by Crippen LogP contribution is -2.54. The number of imidazole rings is 1. The maximum absolute atomic E-state index is 14.3. The number of aromatic amines is 1. The SMILES string of the molecule is COC(=O)N[C@H](C(=O)N1CCCC1C1=NCC(c2ccc(-c3ccc(-c4cnc([C@@H]5CCCN5C(=O)[C@@H](NC(=O)OC)C5CCCCC5)[nH]4)cc3)c3c2CCC32CCCC2)=C1)C1CCCCC1. The molecule has 0 bridgehead atoms. The van der Waals surface area contributed by atoms with Crippen molar-refractivity contribution in [2.75, 3.05) is 33.9 Å². The highest BCUT2D eigenvalue weighted by molar-refractivity contribution is 6.09. The van der Waals surface area contributed by atoms with Gasteiger partial charge in [0.1, 0.15) is 17.9 Å². The molecule has 3 N–H and O–H groups in total. The monoisotopic (exact) mass is 912 g/mol. The van der Waals surface area contributed by atoms with Crippen LogP contribution in [0.4, 0.5) is 9.59 Å². The molecule has 2 aromatic carbocycles. The molecule has 67 heavy (non-hydrogen) atoms. The summed E-state index contributed by atoms with van der Waals surface area (Å²) in [6, 6.07) is 12.1. The van der Waals surface area contributed by atoms with Crippen LogP contribution in [-0.4, -0.2) is 101 Å². The normalized spacial score (nSPS) is 23.7. The minimum absolute atomic E-state index is 0.00158. The van der Waals surface area contributed by atoms with Gasteiger partial charge in [0.25, 0.3) is 0 Å². The van der Waals surface area contributed by atoms with Crippen molar-refractivity contribution in [2.24, 2.45) is 16.8 Å². The summed E-state index contributed by atoms with van der Waals surface area (Å²) in [5.41, 5.74) is 11.2. The molecule has 3 aromatic rings. The van der Waals surface area contributed by atoms with Gasteiger partial charge in [0.2, 0.25) is 11.8 Å². The molecule has 3 saturated carbocycles. The Morgan fingerprint density at radius 1 is 0.672 bits per heavy atom. The van der Waals surface area contributed by atoms with Crippen LogP contribution in [0.2, 0.25) is 0 Å². The van der Waals surface area contributed by atoms with Crippen molar-refractivity contribution in [3.05, 3.63) is 71.2 Å². The van der Waals surface area contributed by atoms with Crippen LogP contribution in [-0.2, 0) is 30.9 Å². The summed E-state index contributed by atoms with van der Waals surface area (Å²) in [5.74, 6) is 0.956. The molecule has 13 nitrogen and oxygen atoms in total. The Bertz CT molecular complexity index is 2390. The number of nitrogens with zero attached hydrogens (tertiary/aromatic N) is 4. The molecule has 1 aromatic heterocycles. The number of rotatable bonds is 11. The number of alkyl carbamates (subject to hydrolysis) is 2. The van der Waals surface area contributed by atoms with Gasteiger partial charge in [0, 0.05) is 13.1 Å². The van der Waals surface area contributed by atoms with Gasteiger partial charge in [-0.25, -0.2) is 14.6 Å². The smallest absolute Gasteiger partial charge is 0.407 e. The first kappa shape index (κ1) is 45.3. The summed E-state index contributed by atoms with van der Waals surface area (Å²) in [6.07, 6.45) is 24.1. The third-order valence-corrected chi connectivity index (χ3v) is 16.9. The van der Waals surface area contributed by atoms with E-state index in [9.17, 15) is 19.2 Å². The van der Waals surface area contributed by atoms with Crippen LogP contribution in [0.15, 0.2) is 53.7 Å². The Kier molecular flexibility index (Phi) is 13.3. The van der Waals surface area contributed by atoms with Gasteiger partial charge in [-0.1, -0.05) is 87.8 Å². The van der Waals surface area contributed by atoms with Crippen LogP contribution >= 0.6 is 0 Å². The van der Waals surface area contributed by atoms with E-state index in [1.807, 2.05) is 16.0 Å². The molecule has 0 radical (unpaired) electrons. The quantitative estimate of drug-likeness (QED) is 0.173. The molecule has 1 spiro atoms. The average Bonchev–Trinajstić information content (AvgIpc) is 4.25. The second kappa shape index (κ2) is 19.6. The number of ether oxygens (including phenoxy) is 2. The van der Waals surface area contributed by atoms with Crippen LogP contribution in [0.3, 0.4) is 0 Å². The Labute approximate surface area is 395 Å². The van der Waals surface area contributed by atoms with Gasteiger partial charge in [-0.3, -0.25) is 14.6 Å². The van der Waals surface area contributed by atoms with E-state index in [0.29, 0.717) is 19.6 Å². The average molecular weight is 912 g/mol. The fourth-order valence-corrected chi connectivity index (χ4v) is 13.5. The zero-order valence-corrected chi connectivity index (χ0v) is 39.6. The molecular formula is C54H69N7O6. The molecule has 5 fully saturated rings. The van der Waals surface area contributed by atoms with E-state index in [1.54, 1.807) is 0 Å². The van der Waals surface area contributed by atoms with Gasteiger partial charge >= 0.3 is 12.2 Å². The highest BCUT2D eigenvalue weighted by atomic mass is 16.5. The maximum Gasteiger partial charge on any atom is 0.407 e. The number of methoxy groups -OCH3 is 2. The fraction of sp³-hybridized carbons (Fsp3) is 0.593. The largest absolute Gasteiger partial charge is 0.453 e. The number of fused-ring (bicyclic) bond motifs is 2. The summed E-state index contributed by atoms with van der Waals surface area (Å²) in [7, 11) is 2.71.